The number of nitrogens with zero attached hydrogens (tertiary/aromatic N) is 1. The summed E-state index contributed by atoms with van der Waals surface area (Å²) in [7, 11) is 3.17. The number of aldehydes is 1. The zero-order valence-corrected chi connectivity index (χ0v) is 10.2. The van der Waals surface area contributed by atoms with E-state index < -0.39 is 0 Å². The van der Waals surface area contributed by atoms with Gasteiger partial charge in [-0.15, -0.1) is 0 Å². The summed E-state index contributed by atoms with van der Waals surface area (Å²) in [4.78, 5) is 13.3. The maximum Gasteiger partial charge on any atom is 0.162 e. The molecule has 0 saturated carbocycles. The van der Waals surface area contributed by atoms with Crippen molar-refractivity contribution in [2.75, 3.05) is 32.2 Å². The lowest BCUT2D eigenvalue weighted by Crippen LogP contribution is -2.19. The molecule has 0 atom stereocenters. The Morgan fingerprint density at radius 1 is 1.12 bits per heavy atom. The Hall–Kier alpha value is -1.71. The summed E-state index contributed by atoms with van der Waals surface area (Å²) in [6, 6.07) is 3.62. The quantitative estimate of drug-likeness (QED) is 0.749. The topological polar surface area (TPSA) is 38.8 Å². The average molecular weight is 235 g/mol. The van der Waals surface area contributed by atoms with Gasteiger partial charge in [0.1, 0.15) is 0 Å². The molecule has 2 rings (SSSR count). The van der Waals surface area contributed by atoms with Crippen molar-refractivity contribution in [1.82, 2.24) is 0 Å². The van der Waals surface area contributed by atoms with Crippen molar-refractivity contribution in [3.8, 4) is 11.5 Å². The monoisotopic (exact) mass is 235 g/mol. The van der Waals surface area contributed by atoms with Gasteiger partial charge in [-0.3, -0.25) is 4.79 Å². The van der Waals surface area contributed by atoms with Gasteiger partial charge in [-0.1, -0.05) is 0 Å². The highest BCUT2D eigenvalue weighted by atomic mass is 16.5. The van der Waals surface area contributed by atoms with Crippen LogP contribution in [0.15, 0.2) is 12.1 Å². The summed E-state index contributed by atoms with van der Waals surface area (Å²) in [5.74, 6) is 1.26. The van der Waals surface area contributed by atoms with E-state index in [4.69, 9.17) is 9.47 Å². The van der Waals surface area contributed by atoms with Crippen molar-refractivity contribution in [2.45, 2.75) is 12.8 Å². The summed E-state index contributed by atoms with van der Waals surface area (Å²) >= 11 is 0. The zero-order chi connectivity index (χ0) is 12.3. The smallest absolute Gasteiger partial charge is 0.162 e. The maximum atomic E-state index is 11.1. The van der Waals surface area contributed by atoms with Crippen LogP contribution < -0.4 is 14.4 Å². The fourth-order valence-corrected chi connectivity index (χ4v) is 2.21. The SMILES string of the molecule is COc1cc(C=O)c(N2CCCC2)cc1OC. The fourth-order valence-electron chi connectivity index (χ4n) is 2.21. The van der Waals surface area contributed by atoms with Crippen molar-refractivity contribution in [3.05, 3.63) is 17.7 Å². The van der Waals surface area contributed by atoms with E-state index in [1.807, 2.05) is 6.07 Å². The molecule has 1 aromatic rings. The van der Waals surface area contributed by atoms with E-state index in [0.29, 0.717) is 17.1 Å². The van der Waals surface area contributed by atoms with Crippen LogP contribution in [0.1, 0.15) is 23.2 Å². The van der Waals surface area contributed by atoms with E-state index in [1.165, 1.54) is 12.8 Å². The fraction of sp³-hybridized carbons (Fsp3) is 0.462. The number of hydrogen-bond donors (Lipinski definition) is 0. The first kappa shape index (κ1) is 11.8. The minimum absolute atomic E-state index is 0.595. The second kappa shape index (κ2) is 5.08. The molecule has 92 valence electrons. The average Bonchev–Trinajstić information content (AvgIpc) is 2.90. The van der Waals surface area contributed by atoms with Gasteiger partial charge in [-0.05, 0) is 18.9 Å². The third kappa shape index (κ3) is 2.20. The van der Waals surface area contributed by atoms with Gasteiger partial charge in [0.25, 0.3) is 0 Å². The zero-order valence-electron chi connectivity index (χ0n) is 10.2. The highest BCUT2D eigenvalue weighted by Gasteiger charge is 2.18. The molecule has 4 nitrogen and oxygen atoms in total. The lowest BCUT2D eigenvalue weighted by atomic mass is 10.1. The molecule has 1 aliphatic rings. The van der Waals surface area contributed by atoms with E-state index in [9.17, 15) is 4.79 Å². The molecule has 0 amide bonds. The van der Waals surface area contributed by atoms with Gasteiger partial charge in [0.15, 0.2) is 17.8 Å². The minimum Gasteiger partial charge on any atom is -0.493 e. The summed E-state index contributed by atoms with van der Waals surface area (Å²) in [5.41, 5.74) is 1.60. The van der Waals surface area contributed by atoms with Gasteiger partial charge in [0, 0.05) is 24.7 Å². The van der Waals surface area contributed by atoms with Crippen molar-refractivity contribution < 1.29 is 14.3 Å². The van der Waals surface area contributed by atoms with Crippen molar-refractivity contribution in [3.63, 3.8) is 0 Å². The number of rotatable bonds is 4. The molecule has 0 spiro atoms. The first-order valence-electron chi connectivity index (χ1n) is 5.76. The Morgan fingerprint density at radius 2 is 1.71 bits per heavy atom. The van der Waals surface area contributed by atoms with Crippen molar-refractivity contribution in [2.24, 2.45) is 0 Å². The molecule has 0 radical (unpaired) electrons. The van der Waals surface area contributed by atoms with Crippen molar-refractivity contribution >= 4 is 12.0 Å². The van der Waals surface area contributed by atoms with Gasteiger partial charge in [0.05, 0.1) is 19.9 Å². The van der Waals surface area contributed by atoms with Crippen LogP contribution in [0, 0.1) is 0 Å². The largest absolute Gasteiger partial charge is 0.493 e. The molecule has 4 heteroatoms. The van der Waals surface area contributed by atoms with Crippen molar-refractivity contribution in [1.29, 1.82) is 0 Å². The summed E-state index contributed by atoms with van der Waals surface area (Å²) in [6.07, 6.45) is 3.22. The second-order valence-electron chi connectivity index (χ2n) is 4.08. The number of carbonyl (C=O) groups is 1. The van der Waals surface area contributed by atoms with Crippen LogP contribution in [0.4, 0.5) is 5.69 Å². The number of anilines is 1. The Balaban J connectivity index is 2.45. The van der Waals surface area contributed by atoms with Crippen LogP contribution in [0.25, 0.3) is 0 Å². The number of carbonyl (C=O) groups excluding carboxylic acids is 1. The molecule has 17 heavy (non-hydrogen) atoms. The highest BCUT2D eigenvalue weighted by Crippen LogP contribution is 2.35. The minimum atomic E-state index is 0.595. The van der Waals surface area contributed by atoms with Gasteiger partial charge >= 0.3 is 0 Å². The van der Waals surface area contributed by atoms with Crippen LogP contribution in [0.5, 0.6) is 11.5 Å². The molecule has 1 aliphatic heterocycles. The predicted octanol–water partition coefficient (Wildman–Crippen LogP) is 2.12. The van der Waals surface area contributed by atoms with E-state index in [0.717, 1.165) is 25.1 Å². The molecular weight excluding hydrogens is 218 g/mol. The van der Waals surface area contributed by atoms with Crippen LogP contribution >= 0.6 is 0 Å². The van der Waals surface area contributed by atoms with Crippen LogP contribution in [-0.4, -0.2) is 33.6 Å². The molecular formula is C13H17NO3. The lowest BCUT2D eigenvalue weighted by Gasteiger charge is -2.21. The molecule has 0 bridgehead atoms. The molecule has 1 heterocycles. The molecule has 1 aromatic carbocycles. The molecule has 1 fully saturated rings. The Bertz CT molecular complexity index is 411. The first-order valence-corrected chi connectivity index (χ1v) is 5.76. The third-order valence-electron chi connectivity index (χ3n) is 3.11. The number of benzene rings is 1. The third-order valence-corrected chi connectivity index (χ3v) is 3.11. The molecule has 0 aromatic heterocycles. The lowest BCUT2D eigenvalue weighted by molar-refractivity contribution is 0.112. The van der Waals surface area contributed by atoms with Gasteiger partial charge in [-0.2, -0.15) is 0 Å². The standard InChI is InChI=1S/C13H17NO3/c1-16-12-7-10(9-15)11(8-13(12)17-2)14-5-3-4-6-14/h7-9H,3-6H2,1-2H3. The molecule has 1 saturated heterocycles. The Kier molecular flexibility index (Phi) is 3.52. The van der Waals surface area contributed by atoms with Gasteiger partial charge in [0.2, 0.25) is 0 Å². The van der Waals surface area contributed by atoms with Crippen LogP contribution in [0.3, 0.4) is 0 Å². The molecule has 0 aliphatic carbocycles. The number of hydrogen-bond acceptors (Lipinski definition) is 4. The molecule has 0 N–H and O–H groups in total. The van der Waals surface area contributed by atoms with Gasteiger partial charge < -0.3 is 14.4 Å². The second-order valence-corrected chi connectivity index (χ2v) is 4.08. The summed E-state index contributed by atoms with van der Waals surface area (Å²) in [6.45, 7) is 1.99. The van der Waals surface area contributed by atoms with E-state index in [1.54, 1.807) is 20.3 Å². The van der Waals surface area contributed by atoms with E-state index >= 15 is 0 Å². The normalized spacial score (nSPS) is 14.8. The van der Waals surface area contributed by atoms with E-state index in [2.05, 4.69) is 4.90 Å². The first-order chi connectivity index (χ1) is 8.30. The number of methoxy groups -OCH3 is 2. The highest BCUT2D eigenvalue weighted by molar-refractivity contribution is 5.86. The summed E-state index contributed by atoms with van der Waals surface area (Å²) in [5, 5.41) is 0. The molecule has 0 unspecified atom stereocenters. The Morgan fingerprint density at radius 3 is 2.24 bits per heavy atom. The van der Waals surface area contributed by atoms with Gasteiger partial charge in [-0.25, -0.2) is 0 Å². The van der Waals surface area contributed by atoms with E-state index in [-0.39, 0.29) is 0 Å². The number of ether oxygens (including phenoxy) is 2. The summed E-state index contributed by atoms with van der Waals surface area (Å²) < 4.78 is 10.5. The van der Waals surface area contributed by atoms with Crippen LogP contribution in [-0.2, 0) is 0 Å². The Labute approximate surface area is 101 Å². The maximum absolute atomic E-state index is 11.1. The predicted molar refractivity (Wildman–Crippen MR) is 66.4 cm³/mol. The van der Waals surface area contributed by atoms with Crippen LogP contribution in [0.2, 0.25) is 0 Å².